The third-order valence-corrected chi connectivity index (χ3v) is 2.67. The Bertz CT molecular complexity index is 609. The molecule has 1 N–H and O–H groups in total. The highest BCUT2D eigenvalue weighted by Gasteiger charge is 2.17. The highest BCUT2D eigenvalue weighted by atomic mass is 16.5. The third kappa shape index (κ3) is 2.82. The van der Waals surface area contributed by atoms with Gasteiger partial charge in [-0.3, -0.25) is 0 Å². The summed E-state index contributed by atoms with van der Waals surface area (Å²) in [6.45, 7) is 0.0610. The van der Waals surface area contributed by atoms with Crippen molar-refractivity contribution in [2.45, 2.75) is 6.61 Å². The van der Waals surface area contributed by atoms with Crippen LogP contribution in [0.5, 0.6) is 11.6 Å². The number of hydrogen-bond donors (Lipinski definition) is 1. The molecule has 7 heteroatoms. The first kappa shape index (κ1) is 13.7. The summed E-state index contributed by atoms with van der Waals surface area (Å²) in [6, 6.07) is 6.53. The molecule has 1 heterocycles. The summed E-state index contributed by atoms with van der Waals surface area (Å²) in [4.78, 5) is 12.4. The maximum atomic E-state index is 11.7. The zero-order valence-electron chi connectivity index (χ0n) is 11.1. The molecule has 0 saturated heterocycles. The number of methoxy groups -OCH3 is 2. The summed E-state index contributed by atoms with van der Waals surface area (Å²) < 4.78 is 15.3. The van der Waals surface area contributed by atoms with E-state index >= 15 is 0 Å². The lowest BCUT2D eigenvalue weighted by Crippen LogP contribution is -2.10. The maximum Gasteiger partial charge on any atom is 0.338 e. The van der Waals surface area contributed by atoms with Crippen LogP contribution < -0.4 is 9.47 Å². The predicted molar refractivity (Wildman–Crippen MR) is 68.1 cm³/mol. The van der Waals surface area contributed by atoms with Crippen LogP contribution in [0.15, 0.2) is 30.5 Å². The van der Waals surface area contributed by atoms with Crippen molar-refractivity contribution in [1.82, 2.24) is 9.94 Å². The molecule has 106 valence electrons. The highest BCUT2D eigenvalue weighted by molar-refractivity contribution is 5.91. The number of carbonyl (C=O) groups excluding carboxylic acids is 1. The van der Waals surface area contributed by atoms with Gasteiger partial charge in [0.1, 0.15) is 12.4 Å². The molecular formula is C13H14N2O5. The average Bonchev–Trinajstić information content (AvgIpc) is 2.89. The molecule has 0 radical (unpaired) electrons. The molecule has 2 rings (SSSR count). The molecule has 0 unspecified atom stereocenters. The van der Waals surface area contributed by atoms with Crippen LogP contribution in [-0.2, 0) is 11.3 Å². The Kier molecular flexibility index (Phi) is 4.09. The third-order valence-electron chi connectivity index (χ3n) is 2.67. The molecule has 0 fully saturated rings. The van der Waals surface area contributed by atoms with Crippen molar-refractivity contribution in [3.8, 4) is 11.6 Å². The van der Waals surface area contributed by atoms with Gasteiger partial charge in [0.25, 0.3) is 0 Å². The van der Waals surface area contributed by atoms with E-state index in [0.717, 1.165) is 0 Å². The summed E-state index contributed by atoms with van der Waals surface area (Å²) in [5.74, 6) is 0.265. The van der Waals surface area contributed by atoms with Crippen molar-refractivity contribution < 1.29 is 24.2 Å². The van der Waals surface area contributed by atoms with Crippen LogP contribution in [0.2, 0.25) is 0 Å². The monoisotopic (exact) mass is 278 g/mol. The van der Waals surface area contributed by atoms with Crippen molar-refractivity contribution in [2.24, 2.45) is 0 Å². The van der Waals surface area contributed by atoms with Crippen LogP contribution in [0, 0.1) is 0 Å². The van der Waals surface area contributed by atoms with Crippen LogP contribution >= 0.6 is 0 Å². The van der Waals surface area contributed by atoms with Crippen LogP contribution in [0.1, 0.15) is 15.9 Å². The first-order valence-corrected chi connectivity index (χ1v) is 5.77. The van der Waals surface area contributed by atoms with Gasteiger partial charge in [0.15, 0.2) is 0 Å². The van der Waals surface area contributed by atoms with Gasteiger partial charge >= 0.3 is 5.97 Å². The van der Waals surface area contributed by atoms with Gasteiger partial charge < -0.3 is 19.4 Å². The molecule has 0 aliphatic rings. The maximum absolute atomic E-state index is 11.7. The quantitative estimate of drug-likeness (QED) is 0.659. The first-order valence-electron chi connectivity index (χ1n) is 5.77. The minimum Gasteiger partial charge on any atom is -0.496 e. The second-order valence-corrected chi connectivity index (χ2v) is 3.84. The van der Waals surface area contributed by atoms with E-state index in [1.165, 1.54) is 26.5 Å². The van der Waals surface area contributed by atoms with E-state index in [2.05, 4.69) is 5.10 Å². The van der Waals surface area contributed by atoms with Gasteiger partial charge in [-0.05, 0) is 12.1 Å². The Hall–Kier alpha value is -2.70. The predicted octanol–water partition coefficient (Wildman–Crippen LogP) is 1.49. The Morgan fingerprint density at radius 2 is 2.15 bits per heavy atom. The van der Waals surface area contributed by atoms with E-state index < -0.39 is 5.97 Å². The first-order chi connectivity index (χ1) is 9.65. The van der Waals surface area contributed by atoms with Gasteiger partial charge in [0.2, 0.25) is 5.88 Å². The van der Waals surface area contributed by atoms with Gasteiger partial charge in [-0.1, -0.05) is 11.2 Å². The SMILES string of the molecule is COC(=O)c1cccc(OC)c1COc1ccn(O)n1. The summed E-state index contributed by atoms with van der Waals surface area (Å²) in [6.07, 6.45) is 1.33. The van der Waals surface area contributed by atoms with Gasteiger partial charge in [-0.15, -0.1) is 4.85 Å². The summed E-state index contributed by atoms with van der Waals surface area (Å²) in [7, 11) is 2.81. The topological polar surface area (TPSA) is 82.8 Å². The van der Waals surface area contributed by atoms with Gasteiger partial charge in [-0.25, -0.2) is 4.79 Å². The molecule has 0 atom stereocenters. The fourth-order valence-corrected chi connectivity index (χ4v) is 1.73. The number of esters is 1. The van der Waals surface area contributed by atoms with Crippen molar-refractivity contribution in [3.63, 3.8) is 0 Å². The molecule has 7 nitrogen and oxygen atoms in total. The normalized spacial score (nSPS) is 10.1. The molecule has 1 aromatic carbocycles. The van der Waals surface area contributed by atoms with E-state index in [0.29, 0.717) is 21.7 Å². The Morgan fingerprint density at radius 3 is 2.75 bits per heavy atom. The summed E-state index contributed by atoms with van der Waals surface area (Å²) in [5, 5.41) is 12.7. The smallest absolute Gasteiger partial charge is 0.338 e. The van der Waals surface area contributed by atoms with E-state index in [4.69, 9.17) is 19.4 Å². The van der Waals surface area contributed by atoms with Crippen molar-refractivity contribution >= 4 is 5.97 Å². The Labute approximate surface area is 115 Å². The van der Waals surface area contributed by atoms with E-state index in [-0.39, 0.29) is 12.5 Å². The lowest BCUT2D eigenvalue weighted by Gasteiger charge is -2.12. The van der Waals surface area contributed by atoms with Gasteiger partial charge in [0, 0.05) is 11.6 Å². The zero-order valence-corrected chi connectivity index (χ0v) is 11.1. The minimum absolute atomic E-state index is 0.0610. The second-order valence-electron chi connectivity index (χ2n) is 3.84. The molecule has 0 bridgehead atoms. The fourth-order valence-electron chi connectivity index (χ4n) is 1.73. The highest BCUT2D eigenvalue weighted by Crippen LogP contribution is 2.24. The largest absolute Gasteiger partial charge is 0.496 e. The molecule has 20 heavy (non-hydrogen) atoms. The van der Waals surface area contributed by atoms with Gasteiger partial charge in [0.05, 0.1) is 26.0 Å². The number of rotatable bonds is 5. The molecule has 0 amide bonds. The van der Waals surface area contributed by atoms with E-state index in [1.807, 2.05) is 0 Å². The molecular weight excluding hydrogens is 264 g/mol. The number of aromatic nitrogens is 2. The van der Waals surface area contributed by atoms with Crippen LogP contribution in [-0.4, -0.2) is 35.3 Å². The van der Waals surface area contributed by atoms with E-state index in [9.17, 15) is 4.79 Å². The van der Waals surface area contributed by atoms with E-state index in [1.54, 1.807) is 18.2 Å². The van der Waals surface area contributed by atoms with Crippen molar-refractivity contribution in [2.75, 3.05) is 14.2 Å². The standard InChI is InChI=1S/C13H14N2O5/c1-18-11-5-3-4-9(13(16)19-2)10(11)8-20-12-6-7-15(17)14-12/h3-7,17H,8H2,1-2H3. The molecule has 0 saturated carbocycles. The van der Waals surface area contributed by atoms with Crippen LogP contribution in [0.3, 0.4) is 0 Å². The molecule has 0 aliphatic heterocycles. The van der Waals surface area contributed by atoms with Gasteiger partial charge in [-0.2, -0.15) is 0 Å². The molecule has 1 aromatic heterocycles. The summed E-state index contributed by atoms with van der Waals surface area (Å²) >= 11 is 0. The number of benzene rings is 1. The Balaban J connectivity index is 2.26. The van der Waals surface area contributed by atoms with Crippen LogP contribution in [0.25, 0.3) is 0 Å². The fraction of sp³-hybridized carbons (Fsp3) is 0.231. The number of nitrogens with zero attached hydrogens (tertiary/aromatic N) is 2. The minimum atomic E-state index is -0.477. The Morgan fingerprint density at radius 1 is 1.35 bits per heavy atom. The molecule has 0 spiro atoms. The summed E-state index contributed by atoms with van der Waals surface area (Å²) in [5.41, 5.74) is 0.907. The lowest BCUT2D eigenvalue weighted by atomic mass is 10.1. The van der Waals surface area contributed by atoms with Crippen molar-refractivity contribution in [1.29, 1.82) is 0 Å². The van der Waals surface area contributed by atoms with Crippen molar-refractivity contribution in [3.05, 3.63) is 41.6 Å². The number of hydrogen-bond acceptors (Lipinski definition) is 6. The lowest BCUT2D eigenvalue weighted by molar-refractivity contribution is 0.0596. The molecule has 0 aliphatic carbocycles. The number of carbonyl (C=O) groups is 1. The molecule has 2 aromatic rings. The zero-order chi connectivity index (χ0) is 14.5. The second kappa shape index (κ2) is 5.96. The number of ether oxygens (including phenoxy) is 3. The van der Waals surface area contributed by atoms with Crippen LogP contribution in [0.4, 0.5) is 0 Å². The average molecular weight is 278 g/mol.